The van der Waals surface area contributed by atoms with E-state index in [0.717, 1.165) is 23.1 Å². The second kappa shape index (κ2) is 7.48. The summed E-state index contributed by atoms with van der Waals surface area (Å²) >= 11 is 0. The molecule has 2 heterocycles. The lowest BCUT2D eigenvalue weighted by Crippen LogP contribution is -2.06. The summed E-state index contributed by atoms with van der Waals surface area (Å²) in [7, 11) is -3.88. The summed E-state index contributed by atoms with van der Waals surface area (Å²) < 4.78 is 28.0. The number of hydrogen-bond donors (Lipinski definition) is 1. The molecule has 7 nitrogen and oxygen atoms in total. The smallest absolute Gasteiger partial charge is 0.229 e. The standard InChI is InChI=1S/C23H19N5O2S/c1-2-16-10-6-8-14-19(16)24-21-18-13-7-9-15-20(18)28-22(25-21)23(26-27-28)31(29,30)17-11-4-3-5-12-17/h3-15H,2H2,1H3,(H,24,25). The van der Waals surface area contributed by atoms with Gasteiger partial charge < -0.3 is 5.32 Å². The Bertz CT molecular complexity index is 1510. The van der Waals surface area contributed by atoms with Crippen molar-refractivity contribution in [3.05, 3.63) is 84.4 Å². The van der Waals surface area contributed by atoms with E-state index in [1.54, 1.807) is 18.2 Å². The first-order chi connectivity index (χ1) is 15.1. The van der Waals surface area contributed by atoms with Crippen molar-refractivity contribution in [2.45, 2.75) is 23.3 Å². The lowest BCUT2D eigenvalue weighted by molar-refractivity contribution is 0.592. The van der Waals surface area contributed by atoms with E-state index >= 15 is 0 Å². The van der Waals surface area contributed by atoms with Gasteiger partial charge in [-0.15, -0.1) is 5.10 Å². The number of aromatic nitrogens is 4. The van der Waals surface area contributed by atoms with Gasteiger partial charge in [0.15, 0.2) is 5.65 Å². The molecular weight excluding hydrogens is 410 g/mol. The van der Waals surface area contributed by atoms with Gasteiger partial charge in [0, 0.05) is 11.1 Å². The number of para-hydroxylation sites is 2. The normalized spacial score (nSPS) is 11.8. The molecule has 3 aromatic carbocycles. The van der Waals surface area contributed by atoms with E-state index in [2.05, 4.69) is 33.6 Å². The molecule has 0 unspecified atom stereocenters. The molecule has 0 aliphatic carbocycles. The van der Waals surface area contributed by atoms with Crippen molar-refractivity contribution in [1.82, 2.24) is 19.8 Å². The molecule has 5 rings (SSSR count). The minimum absolute atomic E-state index is 0.151. The summed E-state index contributed by atoms with van der Waals surface area (Å²) in [4.78, 5) is 4.82. The maximum Gasteiger partial charge on any atom is 0.229 e. The van der Waals surface area contributed by atoms with E-state index in [1.165, 1.54) is 16.6 Å². The Morgan fingerprint density at radius 3 is 2.42 bits per heavy atom. The van der Waals surface area contributed by atoms with Gasteiger partial charge in [-0.25, -0.2) is 13.4 Å². The highest BCUT2D eigenvalue weighted by atomic mass is 32.2. The van der Waals surface area contributed by atoms with Gasteiger partial charge in [0.05, 0.1) is 10.4 Å². The van der Waals surface area contributed by atoms with Crippen LogP contribution in [0.15, 0.2) is 88.8 Å². The van der Waals surface area contributed by atoms with Gasteiger partial charge in [0.2, 0.25) is 14.9 Å². The molecule has 8 heteroatoms. The van der Waals surface area contributed by atoms with Crippen LogP contribution in [-0.4, -0.2) is 28.2 Å². The number of hydrogen-bond acceptors (Lipinski definition) is 6. The topological polar surface area (TPSA) is 89.2 Å². The number of fused-ring (bicyclic) bond motifs is 3. The van der Waals surface area contributed by atoms with Crippen molar-refractivity contribution in [2.75, 3.05) is 5.32 Å². The number of anilines is 2. The fraction of sp³-hybridized carbons (Fsp3) is 0.0870. The van der Waals surface area contributed by atoms with Crippen LogP contribution in [0, 0.1) is 0 Å². The SMILES string of the molecule is CCc1ccccc1Nc1nc2c(S(=O)(=O)c3ccccc3)nnn2c2ccccc12. The van der Waals surface area contributed by atoms with Crippen LogP contribution < -0.4 is 5.32 Å². The molecule has 0 amide bonds. The maximum atomic E-state index is 13.2. The highest BCUT2D eigenvalue weighted by molar-refractivity contribution is 7.91. The molecule has 31 heavy (non-hydrogen) atoms. The highest BCUT2D eigenvalue weighted by Crippen LogP contribution is 2.30. The van der Waals surface area contributed by atoms with Crippen molar-refractivity contribution in [2.24, 2.45) is 0 Å². The Labute approximate surface area is 179 Å². The molecule has 0 bridgehead atoms. The maximum absolute atomic E-state index is 13.2. The molecule has 0 fully saturated rings. The Morgan fingerprint density at radius 2 is 1.61 bits per heavy atom. The molecule has 0 aliphatic heterocycles. The van der Waals surface area contributed by atoms with Gasteiger partial charge in [-0.1, -0.05) is 60.7 Å². The average Bonchev–Trinajstić information content (AvgIpc) is 3.25. The number of rotatable bonds is 5. The third kappa shape index (κ3) is 3.21. The van der Waals surface area contributed by atoms with Crippen molar-refractivity contribution in [1.29, 1.82) is 0 Å². The Balaban J connectivity index is 1.76. The highest BCUT2D eigenvalue weighted by Gasteiger charge is 2.27. The third-order valence-electron chi connectivity index (χ3n) is 5.18. The first kappa shape index (κ1) is 19.2. The zero-order valence-electron chi connectivity index (χ0n) is 16.7. The summed E-state index contributed by atoms with van der Waals surface area (Å²) in [6.45, 7) is 2.08. The summed E-state index contributed by atoms with van der Waals surface area (Å²) in [5.41, 5.74) is 2.95. The van der Waals surface area contributed by atoms with Crippen LogP contribution in [0.2, 0.25) is 0 Å². The van der Waals surface area contributed by atoms with Gasteiger partial charge in [-0.2, -0.15) is 4.52 Å². The van der Waals surface area contributed by atoms with Crippen molar-refractivity contribution >= 4 is 37.9 Å². The molecule has 0 aliphatic rings. The monoisotopic (exact) mass is 429 g/mol. The number of nitrogens with zero attached hydrogens (tertiary/aromatic N) is 4. The van der Waals surface area contributed by atoms with E-state index in [9.17, 15) is 8.42 Å². The second-order valence-corrected chi connectivity index (χ2v) is 8.92. The molecule has 0 atom stereocenters. The molecule has 1 N–H and O–H groups in total. The molecule has 0 spiro atoms. The van der Waals surface area contributed by atoms with Gasteiger partial charge in [0.1, 0.15) is 5.82 Å². The summed E-state index contributed by atoms with van der Waals surface area (Å²) in [5, 5.41) is 12.2. The van der Waals surface area contributed by atoms with Crippen LogP contribution >= 0.6 is 0 Å². The van der Waals surface area contributed by atoms with Crippen LogP contribution in [0.1, 0.15) is 12.5 Å². The Morgan fingerprint density at radius 1 is 0.903 bits per heavy atom. The van der Waals surface area contributed by atoms with Gasteiger partial charge in [-0.3, -0.25) is 0 Å². The second-order valence-electron chi connectivity index (χ2n) is 7.06. The predicted molar refractivity (Wildman–Crippen MR) is 119 cm³/mol. The Hall–Kier alpha value is -3.78. The fourth-order valence-electron chi connectivity index (χ4n) is 3.60. The van der Waals surface area contributed by atoms with E-state index in [1.807, 2.05) is 42.5 Å². The molecular formula is C23H19N5O2S. The third-order valence-corrected chi connectivity index (χ3v) is 6.85. The number of nitrogens with one attached hydrogen (secondary N) is 1. The van der Waals surface area contributed by atoms with E-state index in [4.69, 9.17) is 0 Å². The van der Waals surface area contributed by atoms with Crippen LogP contribution in [-0.2, 0) is 16.3 Å². The molecule has 0 saturated heterocycles. The first-order valence-electron chi connectivity index (χ1n) is 9.89. The first-order valence-corrected chi connectivity index (χ1v) is 11.4. The van der Waals surface area contributed by atoms with Crippen molar-refractivity contribution in [3.8, 4) is 0 Å². The van der Waals surface area contributed by atoms with Crippen LogP contribution in [0.25, 0.3) is 16.6 Å². The molecule has 154 valence electrons. The van der Waals surface area contributed by atoms with E-state index in [-0.39, 0.29) is 15.6 Å². The van der Waals surface area contributed by atoms with E-state index < -0.39 is 9.84 Å². The minimum Gasteiger partial charge on any atom is -0.339 e. The number of aryl methyl sites for hydroxylation is 1. The zero-order chi connectivity index (χ0) is 21.4. The van der Waals surface area contributed by atoms with Crippen LogP contribution in [0.5, 0.6) is 0 Å². The number of sulfone groups is 1. The average molecular weight is 430 g/mol. The van der Waals surface area contributed by atoms with Crippen molar-refractivity contribution in [3.63, 3.8) is 0 Å². The molecule has 0 saturated carbocycles. The lowest BCUT2D eigenvalue weighted by Gasteiger charge is -2.13. The summed E-state index contributed by atoms with van der Waals surface area (Å²) in [6, 6.07) is 23.7. The molecule has 5 aromatic rings. The van der Waals surface area contributed by atoms with Crippen LogP contribution in [0.3, 0.4) is 0 Å². The minimum atomic E-state index is -3.88. The van der Waals surface area contributed by atoms with Gasteiger partial charge in [0.25, 0.3) is 0 Å². The van der Waals surface area contributed by atoms with Gasteiger partial charge >= 0.3 is 0 Å². The summed E-state index contributed by atoms with van der Waals surface area (Å²) in [5.74, 6) is 0.552. The van der Waals surface area contributed by atoms with Gasteiger partial charge in [-0.05, 0) is 42.3 Å². The quantitative estimate of drug-likeness (QED) is 0.445. The lowest BCUT2D eigenvalue weighted by atomic mass is 10.1. The number of benzene rings is 3. The predicted octanol–water partition coefficient (Wildman–Crippen LogP) is 4.42. The van der Waals surface area contributed by atoms with Crippen LogP contribution in [0.4, 0.5) is 11.5 Å². The largest absolute Gasteiger partial charge is 0.339 e. The van der Waals surface area contributed by atoms with E-state index in [0.29, 0.717) is 11.3 Å². The Kier molecular flexibility index (Phi) is 4.63. The van der Waals surface area contributed by atoms with Crippen molar-refractivity contribution < 1.29 is 8.42 Å². The molecule has 2 aromatic heterocycles. The molecule has 0 radical (unpaired) electrons. The zero-order valence-corrected chi connectivity index (χ0v) is 17.5. The fourth-order valence-corrected chi connectivity index (χ4v) is 4.86. The summed E-state index contributed by atoms with van der Waals surface area (Å²) in [6.07, 6.45) is 0.852.